The molecule has 0 spiro atoms. The second-order valence-electron chi connectivity index (χ2n) is 8.38. The molecule has 2 aromatic carbocycles. The van der Waals surface area contributed by atoms with Crippen LogP contribution in [0.5, 0.6) is 0 Å². The maximum Gasteiger partial charge on any atom is 0.254 e. The number of hydrogen-bond donors (Lipinski definition) is 0. The van der Waals surface area contributed by atoms with E-state index in [9.17, 15) is 9.59 Å². The van der Waals surface area contributed by atoms with Crippen molar-refractivity contribution in [1.29, 1.82) is 0 Å². The average molecular weight is 422 g/mol. The van der Waals surface area contributed by atoms with Crippen LogP contribution in [0.1, 0.15) is 35.7 Å². The van der Waals surface area contributed by atoms with E-state index in [4.69, 9.17) is 4.74 Å². The molecule has 0 aromatic heterocycles. The van der Waals surface area contributed by atoms with Gasteiger partial charge in [0.1, 0.15) is 0 Å². The quantitative estimate of drug-likeness (QED) is 0.689. The number of nitrogens with zero attached hydrogens (tertiary/aromatic N) is 3. The molecule has 2 fully saturated rings. The topological polar surface area (TPSA) is 53.1 Å². The lowest BCUT2D eigenvalue weighted by Gasteiger charge is -2.35. The highest BCUT2D eigenvalue weighted by atomic mass is 16.5. The van der Waals surface area contributed by atoms with Gasteiger partial charge in [0.2, 0.25) is 5.91 Å². The average Bonchev–Trinajstić information content (AvgIpc) is 3.24. The highest BCUT2D eigenvalue weighted by Gasteiger charge is 2.26. The Kier molecular flexibility index (Phi) is 6.99. The van der Waals surface area contributed by atoms with Crippen molar-refractivity contribution in [1.82, 2.24) is 9.80 Å². The predicted molar refractivity (Wildman–Crippen MR) is 121 cm³/mol. The monoisotopic (exact) mass is 421 g/mol. The van der Waals surface area contributed by atoms with E-state index in [1.54, 1.807) is 4.90 Å². The largest absolute Gasteiger partial charge is 0.379 e. The van der Waals surface area contributed by atoms with Crippen molar-refractivity contribution in [3.8, 4) is 0 Å². The molecule has 2 amide bonds. The number of amides is 2. The van der Waals surface area contributed by atoms with Gasteiger partial charge in [-0.15, -0.1) is 0 Å². The van der Waals surface area contributed by atoms with Crippen LogP contribution >= 0.6 is 0 Å². The van der Waals surface area contributed by atoms with Gasteiger partial charge in [-0.25, -0.2) is 0 Å². The Balaban J connectivity index is 1.51. The Labute approximate surface area is 184 Å². The Morgan fingerprint density at radius 1 is 1.03 bits per heavy atom. The van der Waals surface area contributed by atoms with Crippen molar-refractivity contribution in [2.24, 2.45) is 0 Å². The lowest BCUT2D eigenvalue weighted by Crippen LogP contribution is -2.48. The lowest BCUT2D eigenvalue weighted by molar-refractivity contribution is -0.117. The van der Waals surface area contributed by atoms with E-state index in [1.165, 1.54) is 0 Å². The van der Waals surface area contributed by atoms with Crippen LogP contribution in [-0.2, 0) is 16.1 Å². The number of carbonyl (C=O) groups is 2. The molecule has 0 N–H and O–H groups in total. The summed E-state index contributed by atoms with van der Waals surface area (Å²) in [4.78, 5) is 31.7. The van der Waals surface area contributed by atoms with Gasteiger partial charge in [0.25, 0.3) is 5.91 Å². The van der Waals surface area contributed by atoms with Crippen LogP contribution in [0.4, 0.5) is 5.69 Å². The van der Waals surface area contributed by atoms with Crippen molar-refractivity contribution in [2.75, 3.05) is 44.3 Å². The third kappa shape index (κ3) is 5.32. The van der Waals surface area contributed by atoms with Gasteiger partial charge in [-0.05, 0) is 43.2 Å². The molecule has 4 rings (SSSR count). The first-order valence-electron chi connectivity index (χ1n) is 11.2. The number of rotatable bonds is 7. The maximum atomic E-state index is 13.5. The summed E-state index contributed by atoms with van der Waals surface area (Å²) in [5, 5.41) is 0. The van der Waals surface area contributed by atoms with E-state index < -0.39 is 0 Å². The highest BCUT2D eigenvalue weighted by Crippen LogP contribution is 2.23. The molecule has 0 aliphatic carbocycles. The normalized spacial score (nSPS) is 18.2. The first-order chi connectivity index (χ1) is 15.1. The fraction of sp³-hybridized carbons (Fsp3) is 0.440. The van der Waals surface area contributed by atoms with Gasteiger partial charge >= 0.3 is 0 Å². The first-order valence-corrected chi connectivity index (χ1v) is 11.2. The molecule has 0 radical (unpaired) electrons. The second-order valence-corrected chi connectivity index (χ2v) is 8.38. The van der Waals surface area contributed by atoms with Gasteiger partial charge in [-0.2, -0.15) is 0 Å². The zero-order valence-electron chi connectivity index (χ0n) is 18.2. The SMILES string of the molecule is CC(CN1CCOCC1)N(Cc1ccccc1)C(=O)c1ccc(N2CCCC2=O)cc1. The van der Waals surface area contributed by atoms with E-state index in [0.717, 1.165) is 57.1 Å². The lowest BCUT2D eigenvalue weighted by atomic mass is 10.1. The van der Waals surface area contributed by atoms with Crippen molar-refractivity contribution in [3.63, 3.8) is 0 Å². The van der Waals surface area contributed by atoms with E-state index >= 15 is 0 Å². The molecule has 31 heavy (non-hydrogen) atoms. The zero-order valence-corrected chi connectivity index (χ0v) is 18.2. The van der Waals surface area contributed by atoms with Crippen LogP contribution in [0, 0.1) is 0 Å². The van der Waals surface area contributed by atoms with Gasteiger partial charge in [0.15, 0.2) is 0 Å². The van der Waals surface area contributed by atoms with E-state index in [0.29, 0.717) is 18.5 Å². The maximum absolute atomic E-state index is 13.5. The summed E-state index contributed by atoms with van der Waals surface area (Å²) in [5.74, 6) is 0.174. The Morgan fingerprint density at radius 3 is 2.39 bits per heavy atom. The van der Waals surface area contributed by atoms with Crippen molar-refractivity contribution < 1.29 is 14.3 Å². The Bertz CT molecular complexity index is 879. The number of carbonyl (C=O) groups excluding carboxylic acids is 2. The van der Waals surface area contributed by atoms with Crippen molar-refractivity contribution in [3.05, 3.63) is 65.7 Å². The van der Waals surface area contributed by atoms with E-state index in [2.05, 4.69) is 24.0 Å². The smallest absolute Gasteiger partial charge is 0.254 e. The number of anilines is 1. The summed E-state index contributed by atoms with van der Waals surface area (Å²) >= 11 is 0. The third-order valence-electron chi connectivity index (χ3n) is 6.11. The van der Waals surface area contributed by atoms with Crippen molar-refractivity contribution in [2.45, 2.75) is 32.4 Å². The van der Waals surface area contributed by atoms with Crippen LogP contribution in [-0.4, -0.2) is 67.0 Å². The molecule has 2 heterocycles. The molecular weight excluding hydrogens is 390 g/mol. The Hall–Kier alpha value is -2.70. The summed E-state index contributed by atoms with van der Waals surface area (Å²) in [7, 11) is 0. The van der Waals surface area contributed by atoms with Crippen LogP contribution in [0.2, 0.25) is 0 Å². The van der Waals surface area contributed by atoms with Crippen molar-refractivity contribution >= 4 is 17.5 Å². The molecule has 2 aliphatic heterocycles. The Morgan fingerprint density at radius 2 is 1.74 bits per heavy atom. The van der Waals surface area contributed by atoms with Gasteiger partial charge in [0, 0.05) is 56.4 Å². The van der Waals surface area contributed by atoms with Gasteiger partial charge in [0.05, 0.1) is 13.2 Å². The van der Waals surface area contributed by atoms with Gasteiger partial charge < -0.3 is 14.5 Å². The number of ether oxygens (including phenoxy) is 1. The predicted octanol–water partition coefficient (Wildman–Crippen LogP) is 3.18. The fourth-order valence-corrected chi connectivity index (χ4v) is 4.33. The minimum atomic E-state index is 0.0175. The summed E-state index contributed by atoms with van der Waals surface area (Å²) in [6.07, 6.45) is 1.49. The van der Waals surface area contributed by atoms with Gasteiger partial charge in [-0.1, -0.05) is 30.3 Å². The molecular formula is C25H31N3O3. The molecule has 1 atom stereocenters. The minimum Gasteiger partial charge on any atom is -0.379 e. The molecule has 0 saturated carbocycles. The molecule has 0 bridgehead atoms. The third-order valence-corrected chi connectivity index (χ3v) is 6.11. The number of benzene rings is 2. The summed E-state index contributed by atoms with van der Waals surface area (Å²) in [6.45, 7) is 7.55. The van der Waals surface area contributed by atoms with Crippen LogP contribution in [0.25, 0.3) is 0 Å². The van der Waals surface area contributed by atoms with Crippen LogP contribution < -0.4 is 4.90 Å². The molecule has 2 saturated heterocycles. The van der Waals surface area contributed by atoms with E-state index in [1.807, 2.05) is 47.4 Å². The molecule has 2 aliphatic rings. The molecule has 1 unspecified atom stereocenters. The van der Waals surface area contributed by atoms with Crippen LogP contribution in [0.3, 0.4) is 0 Å². The number of morpholine rings is 1. The highest BCUT2D eigenvalue weighted by molar-refractivity contribution is 5.97. The first kappa shape index (κ1) is 21.5. The molecule has 2 aromatic rings. The molecule has 6 nitrogen and oxygen atoms in total. The fourth-order valence-electron chi connectivity index (χ4n) is 4.33. The molecule has 164 valence electrons. The zero-order chi connectivity index (χ0) is 21.6. The summed E-state index contributed by atoms with van der Waals surface area (Å²) in [6, 6.07) is 17.7. The summed E-state index contributed by atoms with van der Waals surface area (Å²) < 4.78 is 5.46. The molecule has 6 heteroatoms. The standard InChI is InChI=1S/C25H31N3O3/c1-20(18-26-14-16-31-17-15-26)28(19-21-6-3-2-4-7-21)25(30)22-9-11-23(12-10-22)27-13-5-8-24(27)29/h2-4,6-7,9-12,20H,5,8,13-19H2,1H3. The summed E-state index contributed by atoms with van der Waals surface area (Å²) in [5.41, 5.74) is 2.64. The minimum absolute atomic E-state index is 0.0175. The van der Waals surface area contributed by atoms with Crippen LogP contribution in [0.15, 0.2) is 54.6 Å². The second kappa shape index (κ2) is 10.1. The van der Waals surface area contributed by atoms with E-state index in [-0.39, 0.29) is 17.9 Å². The number of hydrogen-bond acceptors (Lipinski definition) is 4. The van der Waals surface area contributed by atoms with Gasteiger partial charge in [-0.3, -0.25) is 14.5 Å².